The van der Waals surface area contributed by atoms with E-state index in [1.165, 1.54) is 6.42 Å². The molecular formula is C18H21ClN2OS. The first-order chi connectivity index (χ1) is 11.2. The molecule has 1 saturated heterocycles. The van der Waals surface area contributed by atoms with Crippen LogP contribution < -0.4 is 10.6 Å². The van der Waals surface area contributed by atoms with Gasteiger partial charge in [-0.15, -0.1) is 11.8 Å². The number of fused-ring (bicyclic) bond motifs is 1. The Kier molecular flexibility index (Phi) is 5.81. The van der Waals surface area contributed by atoms with Crippen molar-refractivity contribution in [2.45, 2.75) is 17.7 Å². The minimum absolute atomic E-state index is 0.0880. The fraction of sp³-hybridized carbons (Fsp3) is 0.389. The quantitative estimate of drug-likeness (QED) is 0.782. The molecule has 0 spiro atoms. The molecule has 2 aromatic carbocycles. The lowest BCUT2D eigenvalue weighted by molar-refractivity contribution is -0.118. The number of carbonyl (C=O) groups excluding carboxylic acids is 1. The van der Waals surface area contributed by atoms with E-state index in [0.29, 0.717) is 11.7 Å². The molecule has 1 fully saturated rings. The molecule has 2 aromatic rings. The normalized spacial score (nSPS) is 17.5. The van der Waals surface area contributed by atoms with E-state index < -0.39 is 0 Å². The van der Waals surface area contributed by atoms with Crippen LogP contribution in [0.5, 0.6) is 0 Å². The van der Waals surface area contributed by atoms with Crippen molar-refractivity contribution < 1.29 is 4.79 Å². The molecule has 1 heterocycles. The number of thioether (sulfide) groups is 1. The van der Waals surface area contributed by atoms with Crippen LogP contribution in [0.15, 0.2) is 41.3 Å². The van der Waals surface area contributed by atoms with Gasteiger partial charge in [0, 0.05) is 21.8 Å². The topological polar surface area (TPSA) is 41.1 Å². The van der Waals surface area contributed by atoms with Crippen LogP contribution in [0.25, 0.3) is 10.8 Å². The predicted octanol–water partition coefficient (Wildman–Crippen LogP) is 3.70. The van der Waals surface area contributed by atoms with Crippen LogP contribution in [0.3, 0.4) is 0 Å². The maximum absolute atomic E-state index is 12.0. The maximum atomic E-state index is 12.0. The number of hydrogen-bond donors (Lipinski definition) is 2. The van der Waals surface area contributed by atoms with Gasteiger partial charge in [-0.1, -0.05) is 35.9 Å². The molecule has 23 heavy (non-hydrogen) atoms. The van der Waals surface area contributed by atoms with Crippen LogP contribution in [0, 0.1) is 5.92 Å². The lowest BCUT2D eigenvalue weighted by atomic mass is 10.1. The summed E-state index contributed by atoms with van der Waals surface area (Å²) >= 11 is 7.86. The third-order valence-corrected chi connectivity index (χ3v) is 5.58. The van der Waals surface area contributed by atoms with E-state index in [4.69, 9.17) is 11.6 Å². The third kappa shape index (κ3) is 4.40. The monoisotopic (exact) mass is 348 g/mol. The molecule has 0 bridgehead atoms. The van der Waals surface area contributed by atoms with Gasteiger partial charge >= 0.3 is 0 Å². The van der Waals surface area contributed by atoms with Crippen LogP contribution in [-0.4, -0.2) is 31.3 Å². The van der Waals surface area contributed by atoms with E-state index in [1.54, 1.807) is 11.8 Å². The first kappa shape index (κ1) is 16.6. The largest absolute Gasteiger partial charge is 0.355 e. The standard InChI is InChI=1S/C18H21ClN2OS/c19-15-5-1-3-14-4-2-6-16(18(14)15)23-12-17(22)21-10-8-13-7-9-20-11-13/h1-6,13,20H,7-12H2,(H,21,22). The van der Waals surface area contributed by atoms with E-state index in [2.05, 4.69) is 10.6 Å². The van der Waals surface area contributed by atoms with Crippen LogP contribution in [0.4, 0.5) is 0 Å². The zero-order chi connectivity index (χ0) is 16.1. The van der Waals surface area contributed by atoms with Gasteiger partial charge in [-0.05, 0) is 49.4 Å². The highest BCUT2D eigenvalue weighted by Gasteiger charge is 2.14. The Morgan fingerprint density at radius 1 is 1.30 bits per heavy atom. The van der Waals surface area contributed by atoms with Gasteiger partial charge in [0.05, 0.1) is 5.75 Å². The molecule has 5 heteroatoms. The molecule has 3 nitrogen and oxygen atoms in total. The molecule has 0 saturated carbocycles. The molecule has 1 amide bonds. The first-order valence-electron chi connectivity index (χ1n) is 8.01. The summed E-state index contributed by atoms with van der Waals surface area (Å²) in [6.07, 6.45) is 2.28. The molecular weight excluding hydrogens is 328 g/mol. The molecule has 122 valence electrons. The van der Waals surface area contributed by atoms with Gasteiger partial charge in [-0.25, -0.2) is 0 Å². The van der Waals surface area contributed by atoms with Gasteiger partial charge in [0.15, 0.2) is 0 Å². The summed E-state index contributed by atoms with van der Waals surface area (Å²) in [6, 6.07) is 12.0. The van der Waals surface area contributed by atoms with Gasteiger partial charge in [-0.3, -0.25) is 4.79 Å². The average Bonchev–Trinajstić information content (AvgIpc) is 3.06. The zero-order valence-electron chi connectivity index (χ0n) is 13.0. The molecule has 1 unspecified atom stereocenters. The highest BCUT2D eigenvalue weighted by atomic mass is 35.5. The Balaban J connectivity index is 1.52. The second-order valence-electron chi connectivity index (χ2n) is 5.88. The summed E-state index contributed by atoms with van der Waals surface area (Å²) in [5.74, 6) is 1.22. The van der Waals surface area contributed by atoms with Gasteiger partial charge in [0.2, 0.25) is 5.91 Å². The van der Waals surface area contributed by atoms with E-state index in [-0.39, 0.29) is 5.91 Å². The molecule has 1 aliphatic heterocycles. The Hall–Kier alpha value is -1.23. The molecule has 1 atom stereocenters. The van der Waals surface area contributed by atoms with Crippen molar-refractivity contribution in [2.24, 2.45) is 5.92 Å². The average molecular weight is 349 g/mol. The zero-order valence-corrected chi connectivity index (χ0v) is 14.6. The lowest BCUT2D eigenvalue weighted by Crippen LogP contribution is -2.27. The van der Waals surface area contributed by atoms with Crippen LogP contribution in [0.2, 0.25) is 5.02 Å². The fourth-order valence-electron chi connectivity index (χ4n) is 2.95. The van der Waals surface area contributed by atoms with E-state index in [1.807, 2.05) is 36.4 Å². The van der Waals surface area contributed by atoms with Crippen molar-refractivity contribution in [3.63, 3.8) is 0 Å². The van der Waals surface area contributed by atoms with Crippen molar-refractivity contribution in [1.82, 2.24) is 10.6 Å². The summed E-state index contributed by atoms with van der Waals surface area (Å²) in [4.78, 5) is 13.1. The highest BCUT2D eigenvalue weighted by Crippen LogP contribution is 2.33. The summed E-state index contributed by atoms with van der Waals surface area (Å²) < 4.78 is 0. The number of rotatable bonds is 6. The smallest absolute Gasteiger partial charge is 0.230 e. The summed E-state index contributed by atoms with van der Waals surface area (Å²) in [7, 11) is 0. The minimum atomic E-state index is 0.0880. The summed E-state index contributed by atoms with van der Waals surface area (Å²) in [5, 5.41) is 9.25. The van der Waals surface area contributed by atoms with E-state index >= 15 is 0 Å². The predicted molar refractivity (Wildman–Crippen MR) is 98.3 cm³/mol. The molecule has 0 aliphatic carbocycles. The van der Waals surface area contributed by atoms with Gasteiger partial charge < -0.3 is 10.6 Å². The number of hydrogen-bond acceptors (Lipinski definition) is 3. The third-order valence-electron chi connectivity index (χ3n) is 4.21. The molecule has 1 aliphatic rings. The van der Waals surface area contributed by atoms with Gasteiger partial charge in [0.1, 0.15) is 0 Å². The fourth-order valence-corrected chi connectivity index (χ4v) is 4.23. The second-order valence-corrected chi connectivity index (χ2v) is 7.30. The van der Waals surface area contributed by atoms with Crippen LogP contribution >= 0.6 is 23.4 Å². The Morgan fingerprint density at radius 3 is 2.91 bits per heavy atom. The van der Waals surface area contributed by atoms with Crippen molar-refractivity contribution in [3.8, 4) is 0 Å². The van der Waals surface area contributed by atoms with Crippen LogP contribution in [-0.2, 0) is 4.79 Å². The van der Waals surface area contributed by atoms with Crippen molar-refractivity contribution in [2.75, 3.05) is 25.4 Å². The second kappa shape index (κ2) is 8.04. The number of amides is 1. The van der Waals surface area contributed by atoms with Crippen LogP contribution in [0.1, 0.15) is 12.8 Å². The Bertz CT molecular complexity index is 681. The number of halogens is 1. The number of carbonyl (C=O) groups is 1. The molecule has 2 N–H and O–H groups in total. The van der Waals surface area contributed by atoms with E-state index in [9.17, 15) is 4.79 Å². The first-order valence-corrected chi connectivity index (χ1v) is 9.38. The lowest BCUT2D eigenvalue weighted by Gasteiger charge is -2.10. The molecule has 3 rings (SSSR count). The highest BCUT2D eigenvalue weighted by molar-refractivity contribution is 8.00. The van der Waals surface area contributed by atoms with Crippen molar-refractivity contribution >= 4 is 40.0 Å². The van der Waals surface area contributed by atoms with Gasteiger partial charge in [0.25, 0.3) is 0 Å². The van der Waals surface area contributed by atoms with Crippen molar-refractivity contribution in [3.05, 3.63) is 41.4 Å². The SMILES string of the molecule is O=C(CSc1cccc2cccc(Cl)c12)NCCC1CCNC1. The number of benzene rings is 2. The number of nitrogens with one attached hydrogen (secondary N) is 2. The summed E-state index contributed by atoms with van der Waals surface area (Å²) in [5.41, 5.74) is 0. The Labute approximate surface area is 146 Å². The summed E-state index contributed by atoms with van der Waals surface area (Å²) in [6.45, 7) is 2.96. The molecule has 0 aromatic heterocycles. The van der Waals surface area contributed by atoms with Crippen molar-refractivity contribution in [1.29, 1.82) is 0 Å². The maximum Gasteiger partial charge on any atom is 0.230 e. The minimum Gasteiger partial charge on any atom is -0.355 e. The Morgan fingerprint density at radius 2 is 2.13 bits per heavy atom. The van der Waals surface area contributed by atoms with Gasteiger partial charge in [-0.2, -0.15) is 0 Å². The molecule has 0 radical (unpaired) electrons. The van der Waals surface area contributed by atoms with E-state index in [0.717, 1.165) is 46.7 Å².